The van der Waals surface area contributed by atoms with Crippen molar-refractivity contribution < 1.29 is 14.3 Å². The van der Waals surface area contributed by atoms with Crippen LogP contribution in [0.25, 0.3) is 0 Å². The van der Waals surface area contributed by atoms with E-state index < -0.39 is 0 Å². The molecule has 1 N–H and O–H groups in total. The van der Waals surface area contributed by atoms with Crippen LogP contribution in [0.3, 0.4) is 0 Å². The zero-order chi connectivity index (χ0) is 15.2. The van der Waals surface area contributed by atoms with Gasteiger partial charge in [-0.25, -0.2) is 0 Å². The predicted octanol–water partition coefficient (Wildman–Crippen LogP) is 2.26. The van der Waals surface area contributed by atoms with Crippen LogP contribution >= 0.6 is 11.8 Å². The molecular formula is C17H23NO3S. The minimum atomic E-state index is 0.0222. The van der Waals surface area contributed by atoms with Crippen LogP contribution in [0.5, 0.6) is 0 Å². The third-order valence-corrected chi connectivity index (χ3v) is 5.40. The summed E-state index contributed by atoms with van der Waals surface area (Å²) in [5.41, 5.74) is 1.29. The van der Waals surface area contributed by atoms with Gasteiger partial charge in [-0.15, -0.1) is 11.8 Å². The molecule has 2 aliphatic heterocycles. The Bertz CT molecular complexity index is 477. The molecule has 5 heteroatoms. The highest BCUT2D eigenvalue weighted by molar-refractivity contribution is 8.01. The summed E-state index contributed by atoms with van der Waals surface area (Å²) in [4.78, 5) is 13.4. The van der Waals surface area contributed by atoms with Crippen molar-refractivity contribution in [2.45, 2.75) is 29.4 Å². The van der Waals surface area contributed by atoms with Crippen LogP contribution in [0.15, 0.2) is 29.2 Å². The fourth-order valence-electron chi connectivity index (χ4n) is 2.79. The quantitative estimate of drug-likeness (QED) is 0.783. The Labute approximate surface area is 135 Å². The number of rotatable bonds is 7. The molecule has 2 unspecified atom stereocenters. The normalized spacial score (nSPS) is 23.5. The standard InChI is InChI=1S/C17H23NO3S/c19-17(16-10-14-4-1-2-5-15(14)22-16)18-7-3-8-20-11-13-6-9-21-12-13/h1-2,4-5,13,16H,3,6-12H2,(H,18,19). The zero-order valence-electron chi connectivity index (χ0n) is 12.8. The molecule has 1 saturated heterocycles. The van der Waals surface area contributed by atoms with Gasteiger partial charge in [-0.2, -0.15) is 0 Å². The molecule has 2 atom stereocenters. The topological polar surface area (TPSA) is 47.6 Å². The van der Waals surface area contributed by atoms with Gasteiger partial charge in [0, 0.05) is 30.6 Å². The summed E-state index contributed by atoms with van der Waals surface area (Å²) in [5, 5.41) is 3.05. The fraction of sp³-hybridized carbons (Fsp3) is 0.588. The maximum absolute atomic E-state index is 12.2. The molecule has 0 aliphatic carbocycles. The molecule has 1 fully saturated rings. The van der Waals surface area contributed by atoms with Crippen molar-refractivity contribution in [1.82, 2.24) is 5.32 Å². The van der Waals surface area contributed by atoms with Crippen LogP contribution < -0.4 is 5.32 Å². The molecule has 1 aromatic rings. The summed E-state index contributed by atoms with van der Waals surface area (Å²) in [7, 11) is 0. The first-order chi connectivity index (χ1) is 10.8. The highest BCUT2D eigenvalue weighted by Crippen LogP contribution is 2.36. The van der Waals surface area contributed by atoms with Crippen LogP contribution in [0, 0.1) is 5.92 Å². The molecule has 0 radical (unpaired) electrons. The summed E-state index contributed by atoms with van der Waals surface area (Å²) >= 11 is 1.67. The Morgan fingerprint density at radius 2 is 2.32 bits per heavy atom. The maximum Gasteiger partial charge on any atom is 0.233 e. The molecule has 0 spiro atoms. The second-order valence-electron chi connectivity index (χ2n) is 5.87. The highest BCUT2D eigenvalue weighted by Gasteiger charge is 2.27. The predicted molar refractivity (Wildman–Crippen MR) is 87.2 cm³/mol. The van der Waals surface area contributed by atoms with Gasteiger partial charge in [0.2, 0.25) is 5.91 Å². The van der Waals surface area contributed by atoms with Crippen molar-refractivity contribution in [2.75, 3.05) is 33.0 Å². The lowest BCUT2D eigenvalue weighted by Gasteiger charge is -2.11. The van der Waals surface area contributed by atoms with E-state index in [0.29, 0.717) is 19.1 Å². The number of ether oxygens (including phenoxy) is 2. The number of amides is 1. The van der Waals surface area contributed by atoms with E-state index in [9.17, 15) is 4.79 Å². The SMILES string of the molecule is O=C(NCCCOCC1CCOC1)C1Cc2ccccc2S1. The van der Waals surface area contributed by atoms with E-state index in [-0.39, 0.29) is 11.2 Å². The van der Waals surface area contributed by atoms with Crippen LogP contribution in [-0.4, -0.2) is 44.1 Å². The molecule has 0 bridgehead atoms. The number of nitrogens with one attached hydrogen (secondary N) is 1. The second-order valence-corrected chi connectivity index (χ2v) is 7.11. The van der Waals surface area contributed by atoms with Crippen molar-refractivity contribution in [3.05, 3.63) is 29.8 Å². The van der Waals surface area contributed by atoms with Gasteiger partial charge in [0.25, 0.3) is 0 Å². The molecule has 4 nitrogen and oxygen atoms in total. The Morgan fingerprint density at radius 3 is 3.14 bits per heavy atom. The number of benzene rings is 1. The van der Waals surface area contributed by atoms with Gasteiger partial charge in [-0.1, -0.05) is 18.2 Å². The third-order valence-electron chi connectivity index (χ3n) is 4.08. The van der Waals surface area contributed by atoms with Crippen LogP contribution in [0.1, 0.15) is 18.4 Å². The smallest absolute Gasteiger partial charge is 0.233 e. The lowest BCUT2D eigenvalue weighted by molar-refractivity contribution is -0.120. The summed E-state index contributed by atoms with van der Waals surface area (Å²) in [6, 6.07) is 8.26. The summed E-state index contributed by atoms with van der Waals surface area (Å²) in [6.45, 7) is 3.87. The van der Waals surface area contributed by atoms with Crippen LogP contribution in [0.4, 0.5) is 0 Å². The molecule has 1 aromatic carbocycles. The molecular weight excluding hydrogens is 298 g/mol. The number of carbonyl (C=O) groups excluding carboxylic acids is 1. The largest absolute Gasteiger partial charge is 0.381 e. The van der Waals surface area contributed by atoms with Gasteiger partial charge in [0.05, 0.1) is 18.5 Å². The Hall–Kier alpha value is -1.04. The number of carbonyl (C=O) groups is 1. The summed E-state index contributed by atoms with van der Waals surface area (Å²) in [5.74, 6) is 0.702. The number of fused-ring (bicyclic) bond motifs is 1. The first-order valence-electron chi connectivity index (χ1n) is 8.00. The molecule has 0 aromatic heterocycles. The molecule has 2 heterocycles. The first kappa shape index (κ1) is 15.8. The second kappa shape index (κ2) is 7.99. The summed E-state index contributed by atoms with van der Waals surface area (Å²) < 4.78 is 11.0. The number of hydrogen-bond acceptors (Lipinski definition) is 4. The minimum absolute atomic E-state index is 0.0222. The lowest BCUT2D eigenvalue weighted by atomic mass is 10.1. The molecule has 120 valence electrons. The molecule has 22 heavy (non-hydrogen) atoms. The van der Waals surface area contributed by atoms with Crippen LogP contribution in [-0.2, 0) is 20.7 Å². The van der Waals surface area contributed by atoms with E-state index in [4.69, 9.17) is 9.47 Å². The minimum Gasteiger partial charge on any atom is -0.381 e. The number of hydrogen-bond donors (Lipinski definition) is 1. The van der Waals surface area contributed by atoms with E-state index in [1.165, 1.54) is 10.5 Å². The highest BCUT2D eigenvalue weighted by atomic mass is 32.2. The Morgan fingerprint density at radius 1 is 1.41 bits per heavy atom. The fourth-order valence-corrected chi connectivity index (χ4v) is 4.01. The lowest BCUT2D eigenvalue weighted by Crippen LogP contribution is -2.33. The molecule has 0 saturated carbocycles. The first-order valence-corrected chi connectivity index (χ1v) is 8.88. The molecule has 2 aliphatic rings. The molecule has 1 amide bonds. The van der Waals surface area contributed by atoms with Crippen molar-refractivity contribution in [2.24, 2.45) is 5.92 Å². The maximum atomic E-state index is 12.2. The van der Waals surface area contributed by atoms with E-state index in [0.717, 1.165) is 39.1 Å². The van der Waals surface area contributed by atoms with Gasteiger partial charge in [0.15, 0.2) is 0 Å². The van der Waals surface area contributed by atoms with Gasteiger partial charge in [0.1, 0.15) is 0 Å². The molecule has 3 rings (SSSR count). The average Bonchev–Trinajstić information content (AvgIpc) is 3.19. The monoisotopic (exact) mass is 321 g/mol. The Balaban J connectivity index is 1.27. The third kappa shape index (κ3) is 4.24. The van der Waals surface area contributed by atoms with Gasteiger partial charge in [-0.3, -0.25) is 4.79 Å². The van der Waals surface area contributed by atoms with Gasteiger partial charge >= 0.3 is 0 Å². The van der Waals surface area contributed by atoms with E-state index in [2.05, 4.69) is 17.4 Å². The van der Waals surface area contributed by atoms with Crippen molar-refractivity contribution in [3.63, 3.8) is 0 Å². The van der Waals surface area contributed by atoms with E-state index in [1.807, 2.05) is 12.1 Å². The zero-order valence-corrected chi connectivity index (χ0v) is 13.6. The average molecular weight is 321 g/mol. The van der Waals surface area contributed by atoms with Crippen molar-refractivity contribution >= 4 is 17.7 Å². The van der Waals surface area contributed by atoms with Gasteiger partial charge < -0.3 is 14.8 Å². The van der Waals surface area contributed by atoms with E-state index >= 15 is 0 Å². The van der Waals surface area contributed by atoms with Gasteiger partial charge in [-0.05, 0) is 30.9 Å². The van der Waals surface area contributed by atoms with E-state index in [1.54, 1.807) is 11.8 Å². The van der Waals surface area contributed by atoms with Crippen molar-refractivity contribution in [3.8, 4) is 0 Å². The summed E-state index contributed by atoms with van der Waals surface area (Å²) in [6.07, 6.45) is 2.81. The number of thioether (sulfide) groups is 1. The Kier molecular flexibility index (Phi) is 5.76. The van der Waals surface area contributed by atoms with Crippen LogP contribution in [0.2, 0.25) is 0 Å². The van der Waals surface area contributed by atoms with Crippen molar-refractivity contribution in [1.29, 1.82) is 0 Å².